The number of nitrogens with zero attached hydrogens (tertiary/aromatic N) is 5. The number of esters is 1. The number of aliphatic carboxylic acids is 1. The zero-order chi connectivity index (χ0) is 53.5. The van der Waals surface area contributed by atoms with Gasteiger partial charge in [-0.3, -0.25) is 24.0 Å². The first-order valence-corrected chi connectivity index (χ1v) is 24.8. The van der Waals surface area contributed by atoms with Gasteiger partial charge >= 0.3 is 18.1 Å². The number of likely N-dealkylation sites (N-methyl/N-ethyl adjacent to an activating group) is 3. The Balaban J connectivity index is 0.0000178. The van der Waals surface area contributed by atoms with E-state index in [4.69, 9.17) is 15.7 Å². The predicted molar refractivity (Wildman–Crippen MR) is 273 cm³/mol. The van der Waals surface area contributed by atoms with Crippen molar-refractivity contribution in [3.05, 3.63) is 70.3 Å². The number of carbonyl (C=O) groups excluding carboxylic acids is 6. The van der Waals surface area contributed by atoms with Crippen LogP contribution in [0.15, 0.2) is 59.2 Å². The van der Waals surface area contributed by atoms with Crippen LogP contribution in [0.5, 0.6) is 0 Å². The Labute approximate surface area is 435 Å². The van der Waals surface area contributed by atoms with Gasteiger partial charge in [0.15, 0.2) is 17.7 Å². The summed E-state index contributed by atoms with van der Waals surface area (Å²) in [4.78, 5) is 100. The molecule has 0 radical (unpaired) electrons. The zero-order valence-electron chi connectivity index (χ0n) is 42.6. The number of hydrogen-bond donors (Lipinski definition) is 2. The Kier molecular flexibility index (Phi) is 25.1. The number of benzene rings is 2. The molecule has 1 heterocycles. The lowest BCUT2D eigenvalue weighted by Gasteiger charge is -2.34. The standard InChI is InChI=1S/C52H70BrF3N6O9.ClH/c1-10-40(58)49(67)61(9)42(25-32(4)5)44(63)27-35(21-22-52(54,55)56)47(65)60(8)43(26-37-30-62(41-15-12-11-14-39(37)41)29-34-17-19-38(53)20-18-34)45(64)28-36(24-31(2)3)48(66)59(7)33(6)51(70)71-46(50(68)69)16-13-23-57;/h11-12,14-15,17-20,30-33,35-36,40,42-43,46H,10,13,16,21-22,24-29,58H2,1-9H3,(H,68,69);1H/t33-,35+,36+,40-,42-,43-,46+;/m0./s1. The Morgan fingerprint density at radius 3 is 1.92 bits per heavy atom. The molecule has 2 aromatic carbocycles. The van der Waals surface area contributed by atoms with E-state index in [1.54, 1.807) is 13.0 Å². The fourth-order valence-electron chi connectivity index (χ4n) is 8.61. The number of amides is 3. The van der Waals surface area contributed by atoms with Gasteiger partial charge in [-0.05, 0) is 73.8 Å². The van der Waals surface area contributed by atoms with Gasteiger partial charge < -0.3 is 34.8 Å². The van der Waals surface area contributed by atoms with Gasteiger partial charge in [-0.1, -0.05) is 80.9 Å². The maximum absolute atomic E-state index is 15.1. The predicted octanol–water partition coefficient (Wildman–Crippen LogP) is 8.54. The summed E-state index contributed by atoms with van der Waals surface area (Å²) in [5.74, 6) is -8.87. The number of carbonyl (C=O) groups is 7. The van der Waals surface area contributed by atoms with Crippen molar-refractivity contribution in [2.75, 3.05) is 21.1 Å². The quantitative estimate of drug-likeness (QED) is 0.0658. The van der Waals surface area contributed by atoms with E-state index in [0.717, 1.165) is 30.7 Å². The molecule has 0 fully saturated rings. The number of alkyl halides is 3. The Bertz CT molecular complexity index is 2370. The van der Waals surface area contributed by atoms with Crippen molar-refractivity contribution in [3.8, 4) is 6.07 Å². The van der Waals surface area contributed by atoms with E-state index < -0.39 is 115 Å². The highest BCUT2D eigenvalue weighted by molar-refractivity contribution is 9.10. The van der Waals surface area contributed by atoms with Crippen molar-refractivity contribution in [2.24, 2.45) is 29.4 Å². The molecule has 3 N–H and O–H groups in total. The fourth-order valence-corrected chi connectivity index (χ4v) is 8.88. The smallest absolute Gasteiger partial charge is 0.389 e. The van der Waals surface area contributed by atoms with Gasteiger partial charge in [0.25, 0.3) is 0 Å². The third-order valence-corrected chi connectivity index (χ3v) is 13.4. The van der Waals surface area contributed by atoms with Crippen LogP contribution in [-0.2, 0) is 51.3 Å². The minimum absolute atomic E-state index is 0. The molecule has 1 aromatic heterocycles. The number of ether oxygens (including phenoxy) is 1. The van der Waals surface area contributed by atoms with Crippen molar-refractivity contribution in [1.82, 2.24) is 19.3 Å². The Hall–Kier alpha value is -5.32. The molecular formula is C52H71BrClF3N6O9. The van der Waals surface area contributed by atoms with Crippen LogP contribution >= 0.6 is 28.3 Å². The molecule has 3 amide bonds. The molecule has 0 aliphatic carbocycles. The first-order chi connectivity index (χ1) is 33.2. The van der Waals surface area contributed by atoms with Crippen molar-refractivity contribution in [1.29, 1.82) is 5.26 Å². The summed E-state index contributed by atoms with van der Waals surface area (Å²) in [6.45, 7) is 10.7. The number of halogens is 5. The van der Waals surface area contributed by atoms with Gasteiger partial charge in [-0.2, -0.15) is 18.4 Å². The monoisotopic (exact) mass is 1090 g/mol. The Morgan fingerprint density at radius 1 is 0.806 bits per heavy atom. The highest BCUT2D eigenvalue weighted by atomic mass is 79.9. The summed E-state index contributed by atoms with van der Waals surface area (Å²) in [7, 11) is 4.01. The van der Waals surface area contributed by atoms with Gasteiger partial charge in [-0.25, -0.2) is 9.59 Å². The highest BCUT2D eigenvalue weighted by Crippen LogP contribution is 2.31. The van der Waals surface area contributed by atoms with Gasteiger partial charge in [-0.15, -0.1) is 12.4 Å². The lowest BCUT2D eigenvalue weighted by atomic mass is 9.86. The number of hydrogen-bond acceptors (Lipinski definition) is 10. The lowest BCUT2D eigenvalue weighted by molar-refractivity contribution is -0.169. The van der Waals surface area contributed by atoms with Crippen LogP contribution < -0.4 is 5.73 Å². The third-order valence-electron chi connectivity index (χ3n) is 12.8. The van der Waals surface area contributed by atoms with Crippen molar-refractivity contribution in [3.63, 3.8) is 0 Å². The van der Waals surface area contributed by atoms with E-state index in [-0.39, 0.29) is 62.8 Å². The van der Waals surface area contributed by atoms with Crippen LogP contribution in [0, 0.1) is 35.0 Å². The van der Waals surface area contributed by atoms with Crippen LogP contribution in [-0.4, -0.2) is 123 Å². The van der Waals surface area contributed by atoms with E-state index in [1.807, 2.05) is 87.0 Å². The number of para-hydroxylation sites is 1. The number of Topliss-reactive ketones (excluding diaryl/α,β-unsaturated/α-hetero) is 2. The number of fused-ring (bicyclic) bond motifs is 1. The second kappa shape index (κ2) is 28.8. The molecule has 3 rings (SSSR count). The van der Waals surface area contributed by atoms with Gasteiger partial charge in [0.1, 0.15) is 6.04 Å². The average molecular weight is 1100 g/mol. The minimum atomic E-state index is -4.71. The summed E-state index contributed by atoms with van der Waals surface area (Å²) < 4.78 is 50.1. The topological polar surface area (TPSA) is 213 Å². The van der Waals surface area contributed by atoms with Gasteiger partial charge in [0, 0.05) is 99.6 Å². The molecule has 0 aliphatic heterocycles. The molecular weight excluding hydrogens is 1020 g/mol. The summed E-state index contributed by atoms with van der Waals surface area (Å²) in [6.07, 6.45) is -7.95. The van der Waals surface area contributed by atoms with E-state index >= 15 is 4.79 Å². The lowest BCUT2D eigenvalue weighted by Crippen LogP contribution is -2.51. The molecule has 0 unspecified atom stereocenters. The summed E-state index contributed by atoms with van der Waals surface area (Å²) >= 11 is 3.46. The largest absolute Gasteiger partial charge is 0.479 e. The molecule has 398 valence electrons. The van der Waals surface area contributed by atoms with Gasteiger partial charge in [0.05, 0.1) is 24.2 Å². The maximum atomic E-state index is 15.1. The van der Waals surface area contributed by atoms with Crippen molar-refractivity contribution < 1.29 is 56.6 Å². The number of aromatic nitrogens is 1. The van der Waals surface area contributed by atoms with Crippen LogP contribution in [0.1, 0.15) is 110 Å². The molecule has 15 nitrogen and oxygen atoms in total. The second-order valence-corrected chi connectivity index (χ2v) is 20.2. The first-order valence-electron chi connectivity index (χ1n) is 24.0. The molecule has 72 heavy (non-hydrogen) atoms. The van der Waals surface area contributed by atoms with Crippen molar-refractivity contribution >= 4 is 80.5 Å². The van der Waals surface area contributed by atoms with E-state index in [2.05, 4.69) is 15.9 Å². The molecule has 0 aliphatic rings. The molecule has 0 saturated carbocycles. The highest BCUT2D eigenvalue weighted by Gasteiger charge is 2.40. The number of carboxylic acids is 1. The fraction of sp³-hybridized carbons (Fsp3) is 0.577. The molecule has 0 bridgehead atoms. The molecule has 20 heteroatoms. The summed E-state index contributed by atoms with van der Waals surface area (Å²) in [6, 6.07) is 12.1. The van der Waals surface area contributed by atoms with E-state index in [1.165, 1.54) is 33.0 Å². The zero-order valence-corrected chi connectivity index (χ0v) is 45.0. The molecule has 7 atom stereocenters. The summed E-state index contributed by atoms with van der Waals surface area (Å²) in [5, 5.41) is 19.3. The normalized spacial score (nSPS) is 14.5. The Morgan fingerprint density at radius 2 is 1.36 bits per heavy atom. The summed E-state index contributed by atoms with van der Waals surface area (Å²) in [5.41, 5.74) is 8.41. The molecule has 0 saturated heterocycles. The first kappa shape index (κ1) is 62.8. The third kappa shape index (κ3) is 18.3. The van der Waals surface area contributed by atoms with E-state index in [0.29, 0.717) is 12.1 Å². The average Bonchev–Trinajstić information content (AvgIpc) is 3.66. The van der Waals surface area contributed by atoms with E-state index in [9.17, 15) is 47.0 Å². The van der Waals surface area contributed by atoms with Crippen molar-refractivity contribution in [2.45, 2.75) is 149 Å². The van der Waals surface area contributed by atoms with Crippen LogP contribution in [0.25, 0.3) is 10.9 Å². The number of nitrogens with two attached hydrogens (primary N) is 1. The number of carboxylic acid groups (broad SMARTS) is 1. The number of ketones is 2. The number of nitriles is 1. The van der Waals surface area contributed by atoms with Crippen LogP contribution in [0.2, 0.25) is 0 Å². The minimum Gasteiger partial charge on any atom is -0.479 e. The second-order valence-electron chi connectivity index (χ2n) is 19.3. The number of rotatable bonds is 28. The maximum Gasteiger partial charge on any atom is 0.389 e. The molecule has 0 spiro atoms. The van der Waals surface area contributed by atoms with Crippen LogP contribution in [0.3, 0.4) is 0 Å². The SMILES string of the molecule is CC[C@H](N)C(=O)N(C)[C@@H](CC(C)C)C(=O)C[C@@H](CCC(F)(F)F)C(=O)N(C)[C@@H](Cc1cn(Cc2ccc(Br)cc2)c2ccccc12)C(=O)C[C@@H](CC(C)C)C(=O)N(C)[C@@H](C)C(=O)O[C@H](CCC#N)C(=O)O.Cl. The van der Waals surface area contributed by atoms with Gasteiger partial charge in [0.2, 0.25) is 17.7 Å². The molecule has 3 aromatic rings. The van der Waals surface area contributed by atoms with Crippen LogP contribution in [0.4, 0.5) is 13.2 Å².